The molecule has 0 N–H and O–H groups in total. The van der Waals surface area contributed by atoms with Gasteiger partial charge in [-0.25, -0.2) is 8.42 Å². The van der Waals surface area contributed by atoms with Gasteiger partial charge >= 0.3 is 0 Å². The lowest BCUT2D eigenvalue weighted by Crippen LogP contribution is -2.48. The summed E-state index contributed by atoms with van der Waals surface area (Å²) in [5.74, 6) is -0.161. The van der Waals surface area contributed by atoms with Crippen LogP contribution in [0.15, 0.2) is 59.5 Å². The van der Waals surface area contributed by atoms with Crippen LogP contribution in [0, 0.1) is 0 Å². The molecule has 2 aliphatic rings. The number of sulfonamides is 1. The molecule has 5 nitrogen and oxygen atoms in total. The second kappa shape index (κ2) is 5.09. The molecule has 4 rings (SSSR count). The average molecular weight is 328 g/mol. The lowest BCUT2D eigenvalue weighted by molar-refractivity contribution is -0.117. The predicted molar refractivity (Wildman–Crippen MR) is 87.9 cm³/mol. The van der Waals surface area contributed by atoms with E-state index in [0.717, 1.165) is 12.8 Å². The molecular formula is C17H16N2O3S. The van der Waals surface area contributed by atoms with E-state index in [9.17, 15) is 13.2 Å². The normalized spacial score (nSPS) is 18.0. The van der Waals surface area contributed by atoms with Crippen LogP contribution >= 0.6 is 0 Å². The standard InChI is InChI=1S/C17H16N2O3S/c20-17-12-18(23(21,22)14-6-2-1-3-7-14)15-8-4-5-9-16(15)19(17)13-10-11-13/h1-9,13H,10-12H2. The molecule has 1 saturated carbocycles. The second-order valence-electron chi connectivity index (χ2n) is 5.81. The molecule has 0 radical (unpaired) electrons. The van der Waals surface area contributed by atoms with Gasteiger partial charge in [-0.05, 0) is 37.1 Å². The number of benzene rings is 2. The van der Waals surface area contributed by atoms with Crippen LogP contribution in [0.2, 0.25) is 0 Å². The van der Waals surface area contributed by atoms with Gasteiger partial charge in [0.2, 0.25) is 5.91 Å². The lowest BCUT2D eigenvalue weighted by atomic mass is 10.2. The van der Waals surface area contributed by atoms with E-state index in [1.807, 2.05) is 12.1 Å². The first-order valence-electron chi connectivity index (χ1n) is 7.58. The Labute approximate surface area is 135 Å². The molecule has 118 valence electrons. The third-order valence-electron chi connectivity index (χ3n) is 4.20. The molecule has 1 heterocycles. The molecule has 2 aromatic rings. The van der Waals surface area contributed by atoms with Crippen molar-refractivity contribution in [1.82, 2.24) is 0 Å². The van der Waals surface area contributed by atoms with Crippen LogP contribution in [-0.4, -0.2) is 26.9 Å². The molecular weight excluding hydrogens is 312 g/mol. The summed E-state index contributed by atoms with van der Waals surface area (Å²) in [5.41, 5.74) is 1.26. The van der Waals surface area contributed by atoms with Gasteiger partial charge in [-0.1, -0.05) is 30.3 Å². The first kappa shape index (κ1) is 14.3. The molecule has 0 aromatic heterocycles. The number of carbonyl (C=O) groups is 1. The zero-order chi connectivity index (χ0) is 16.0. The van der Waals surface area contributed by atoms with Gasteiger partial charge in [0, 0.05) is 6.04 Å². The van der Waals surface area contributed by atoms with Gasteiger partial charge in [0.15, 0.2) is 0 Å². The zero-order valence-electron chi connectivity index (χ0n) is 12.4. The number of hydrogen-bond acceptors (Lipinski definition) is 3. The molecule has 0 saturated heterocycles. The van der Waals surface area contributed by atoms with Crippen LogP contribution in [0.3, 0.4) is 0 Å². The fourth-order valence-electron chi connectivity index (χ4n) is 2.96. The minimum Gasteiger partial charge on any atom is -0.306 e. The van der Waals surface area contributed by atoms with Crippen molar-refractivity contribution in [3.8, 4) is 0 Å². The highest BCUT2D eigenvalue weighted by molar-refractivity contribution is 7.92. The summed E-state index contributed by atoms with van der Waals surface area (Å²) < 4.78 is 27.1. The number of carbonyl (C=O) groups excluding carboxylic acids is 1. The van der Waals surface area contributed by atoms with Gasteiger partial charge in [0.05, 0.1) is 16.3 Å². The van der Waals surface area contributed by atoms with Crippen LogP contribution in [-0.2, 0) is 14.8 Å². The highest BCUT2D eigenvalue weighted by Crippen LogP contribution is 2.42. The van der Waals surface area contributed by atoms with Crippen molar-refractivity contribution in [3.05, 3.63) is 54.6 Å². The SMILES string of the molecule is O=C1CN(S(=O)(=O)c2ccccc2)c2ccccc2N1C1CC1. The third-order valence-corrected chi connectivity index (χ3v) is 5.97. The van der Waals surface area contributed by atoms with E-state index in [1.54, 1.807) is 47.4 Å². The van der Waals surface area contributed by atoms with E-state index < -0.39 is 10.0 Å². The summed E-state index contributed by atoms with van der Waals surface area (Å²) in [4.78, 5) is 14.5. The van der Waals surface area contributed by atoms with Crippen LogP contribution in [0.5, 0.6) is 0 Å². The third kappa shape index (κ3) is 2.30. The molecule has 2 aromatic carbocycles. The summed E-state index contributed by atoms with van der Waals surface area (Å²) in [6.07, 6.45) is 1.96. The number of fused-ring (bicyclic) bond motifs is 1. The van der Waals surface area contributed by atoms with Crippen molar-refractivity contribution in [3.63, 3.8) is 0 Å². The van der Waals surface area contributed by atoms with Gasteiger partial charge in [0.1, 0.15) is 6.54 Å². The number of para-hydroxylation sites is 2. The first-order chi connectivity index (χ1) is 11.1. The molecule has 0 spiro atoms. The van der Waals surface area contributed by atoms with Crippen LogP contribution in [0.1, 0.15) is 12.8 Å². The Bertz CT molecular complexity index is 860. The highest BCUT2D eigenvalue weighted by Gasteiger charge is 2.42. The monoisotopic (exact) mass is 328 g/mol. The van der Waals surface area contributed by atoms with Gasteiger partial charge in [-0.2, -0.15) is 0 Å². The molecule has 0 unspecified atom stereocenters. The van der Waals surface area contributed by atoms with Crippen LogP contribution in [0.4, 0.5) is 11.4 Å². The van der Waals surface area contributed by atoms with E-state index in [4.69, 9.17) is 0 Å². The predicted octanol–water partition coefficient (Wildman–Crippen LogP) is 2.39. The minimum atomic E-state index is -3.75. The number of nitrogens with zero attached hydrogens (tertiary/aromatic N) is 2. The fraction of sp³-hybridized carbons (Fsp3) is 0.235. The van der Waals surface area contributed by atoms with Gasteiger partial charge in [-0.15, -0.1) is 0 Å². The average Bonchev–Trinajstić information content (AvgIpc) is 3.39. The van der Waals surface area contributed by atoms with Crippen molar-refractivity contribution in [2.24, 2.45) is 0 Å². The Morgan fingerprint density at radius 1 is 0.870 bits per heavy atom. The Balaban J connectivity index is 1.84. The summed E-state index contributed by atoms with van der Waals surface area (Å²) in [5, 5.41) is 0. The van der Waals surface area contributed by atoms with Gasteiger partial charge in [-0.3, -0.25) is 9.10 Å². The van der Waals surface area contributed by atoms with E-state index in [0.29, 0.717) is 11.4 Å². The molecule has 23 heavy (non-hydrogen) atoms. The maximum Gasteiger partial charge on any atom is 0.264 e. The van der Waals surface area contributed by atoms with Crippen molar-refractivity contribution in [2.45, 2.75) is 23.8 Å². The Hall–Kier alpha value is -2.34. The van der Waals surface area contributed by atoms with E-state index >= 15 is 0 Å². The Morgan fingerprint density at radius 2 is 1.48 bits per heavy atom. The summed E-state index contributed by atoms with van der Waals surface area (Å²) in [7, 11) is -3.75. The summed E-state index contributed by atoms with van der Waals surface area (Å²) in [6.45, 7) is -0.148. The molecule has 1 aliphatic heterocycles. The Morgan fingerprint density at radius 3 is 2.13 bits per heavy atom. The molecule has 0 atom stereocenters. The lowest BCUT2D eigenvalue weighted by Gasteiger charge is -2.36. The van der Waals surface area contributed by atoms with Gasteiger partial charge in [0.25, 0.3) is 10.0 Å². The maximum atomic E-state index is 12.9. The van der Waals surface area contributed by atoms with E-state index in [-0.39, 0.29) is 23.4 Å². The Kier molecular flexibility index (Phi) is 3.16. The number of amides is 1. The van der Waals surface area contributed by atoms with Crippen molar-refractivity contribution >= 4 is 27.3 Å². The molecule has 6 heteroatoms. The summed E-state index contributed by atoms with van der Waals surface area (Å²) >= 11 is 0. The van der Waals surface area contributed by atoms with Crippen molar-refractivity contribution in [2.75, 3.05) is 15.7 Å². The first-order valence-corrected chi connectivity index (χ1v) is 9.02. The van der Waals surface area contributed by atoms with Crippen molar-refractivity contribution < 1.29 is 13.2 Å². The molecule has 1 amide bonds. The highest BCUT2D eigenvalue weighted by atomic mass is 32.2. The van der Waals surface area contributed by atoms with Crippen LogP contribution < -0.4 is 9.21 Å². The minimum absolute atomic E-state index is 0.148. The molecule has 1 fully saturated rings. The van der Waals surface area contributed by atoms with Crippen LogP contribution in [0.25, 0.3) is 0 Å². The van der Waals surface area contributed by atoms with Gasteiger partial charge < -0.3 is 4.90 Å². The number of hydrogen-bond donors (Lipinski definition) is 0. The fourth-order valence-corrected chi connectivity index (χ4v) is 4.41. The zero-order valence-corrected chi connectivity index (χ0v) is 13.2. The number of rotatable bonds is 3. The number of anilines is 2. The maximum absolute atomic E-state index is 12.9. The quantitative estimate of drug-likeness (QED) is 0.869. The topological polar surface area (TPSA) is 57.7 Å². The smallest absolute Gasteiger partial charge is 0.264 e. The summed E-state index contributed by atoms with van der Waals surface area (Å²) in [6, 6.07) is 15.7. The molecule has 1 aliphatic carbocycles. The van der Waals surface area contributed by atoms with E-state index in [1.165, 1.54) is 4.31 Å². The molecule has 0 bridgehead atoms. The van der Waals surface area contributed by atoms with E-state index in [2.05, 4.69) is 0 Å². The second-order valence-corrected chi connectivity index (χ2v) is 7.67. The largest absolute Gasteiger partial charge is 0.306 e. The van der Waals surface area contributed by atoms with Crippen molar-refractivity contribution in [1.29, 1.82) is 0 Å².